The van der Waals surface area contributed by atoms with Gasteiger partial charge in [-0.25, -0.2) is 0 Å². The molecule has 154 valence electrons. The smallest absolute Gasteiger partial charge is 0.242 e. The molecule has 2 aromatic carbocycles. The van der Waals surface area contributed by atoms with Crippen molar-refractivity contribution in [2.24, 2.45) is 0 Å². The van der Waals surface area contributed by atoms with Gasteiger partial charge in [0, 0.05) is 30.8 Å². The Balaban J connectivity index is 1.67. The Morgan fingerprint density at radius 3 is 2.34 bits per heavy atom. The van der Waals surface area contributed by atoms with Gasteiger partial charge in [0.2, 0.25) is 11.8 Å². The zero-order chi connectivity index (χ0) is 20.7. The van der Waals surface area contributed by atoms with Gasteiger partial charge in [-0.3, -0.25) is 9.59 Å². The molecule has 0 spiro atoms. The number of hydrogen-bond donors (Lipinski definition) is 1. The van der Waals surface area contributed by atoms with Crippen LogP contribution in [0.15, 0.2) is 59.1 Å². The molecule has 0 bridgehead atoms. The summed E-state index contributed by atoms with van der Waals surface area (Å²) < 4.78 is 6.47. The average molecular weight is 459 g/mol. The first-order chi connectivity index (χ1) is 14.0. The molecule has 0 aliphatic carbocycles. The molecule has 0 atom stereocenters. The van der Waals surface area contributed by atoms with Crippen LogP contribution in [-0.2, 0) is 26.3 Å². The standard InChI is InChI=1S/C23H27BrN2O3/c1-2-26(17-18-6-4-3-5-7-18)21(27)16-25-22(28)23(12-14-29-15-13-23)19-8-10-20(24)11-9-19/h3-11H,2,12-17H2,1H3,(H,25,28). The normalized spacial score (nSPS) is 15.5. The second-order valence-corrected chi connectivity index (χ2v) is 8.19. The van der Waals surface area contributed by atoms with Crippen LogP contribution in [0.4, 0.5) is 0 Å². The van der Waals surface area contributed by atoms with Crippen LogP contribution >= 0.6 is 15.9 Å². The van der Waals surface area contributed by atoms with Gasteiger partial charge in [-0.2, -0.15) is 0 Å². The summed E-state index contributed by atoms with van der Waals surface area (Å²) >= 11 is 3.45. The van der Waals surface area contributed by atoms with Crippen molar-refractivity contribution in [3.63, 3.8) is 0 Å². The minimum absolute atomic E-state index is 0.00135. The van der Waals surface area contributed by atoms with Gasteiger partial charge in [-0.1, -0.05) is 58.4 Å². The van der Waals surface area contributed by atoms with E-state index in [9.17, 15) is 9.59 Å². The van der Waals surface area contributed by atoms with Gasteiger partial charge in [0.05, 0.1) is 12.0 Å². The van der Waals surface area contributed by atoms with Crippen molar-refractivity contribution < 1.29 is 14.3 Å². The van der Waals surface area contributed by atoms with E-state index in [1.54, 1.807) is 4.90 Å². The van der Waals surface area contributed by atoms with Crippen molar-refractivity contribution in [2.45, 2.75) is 31.7 Å². The summed E-state index contributed by atoms with van der Waals surface area (Å²) in [5.74, 6) is -0.185. The van der Waals surface area contributed by atoms with Crippen molar-refractivity contribution in [1.29, 1.82) is 0 Å². The zero-order valence-electron chi connectivity index (χ0n) is 16.7. The Morgan fingerprint density at radius 1 is 1.07 bits per heavy atom. The van der Waals surface area contributed by atoms with Crippen LogP contribution in [0.1, 0.15) is 30.9 Å². The molecule has 6 heteroatoms. The summed E-state index contributed by atoms with van der Waals surface area (Å²) in [6, 6.07) is 17.7. The molecule has 0 unspecified atom stereocenters. The van der Waals surface area contributed by atoms with Crippen LogP contribution in [0.25, 0.3) is 0 Å². The number of likely N-dealkylation sites (N-methyl/N-ethyl adjacent to an activating group) is 1. The number of hydrogen-bond acceptors (Lipinski definition) is 3. The first-order valence-corrected chi connectivity index (χ1v) is 10.8. The molecule has 1 N–H and O–H groups in total. The molecule has 0 radical (unpaired) electrons. The maximum absolute atomic E-state index is 13.2. The number of carbonyl (C=O) groups is 2. The van der Waals surface area contributed by atoms with Crippen LogP contribution in [0.2, 0.25) is 0 Å². The SMILES string of the molecule is CCN(Cc1ccccc1)C(=O)CNC(=O)C1(c2ccc(Br)cc2)CCOCC1. The van der Waals surface area contributed by atoms with Gasteiger partial charge >= 0.3 is 0 Å². The summed E-state index contributed by atoms with van der Waals surface area (Å²) in [6.45, 7) is 4.15. The van der Waals surface area contributed by atoms with Crippen molar-refractivity contribution in [3.8, 4) is 0 Å². The molecule has 1 aliphatic heterocycles. The van der Waals surface area contributed by atoms with Gasteiger partial charge in [0.1, 0.15) is 0 Å². The molecule has 1 aliphatic rings. The quantitative estimate of drug-likeness (QED) is 0.688. The highest BCUT2D eigenvalue weighted by atomic mass is 79.9. The number of carbonyl (C=O) groups excluding carboxylic acids is 2. The maximum atomic E-state index is 13.2. The van der Waals surface area contributed by atoms with E-state index in [0.717, 1.165) is 15.6 Å². The van der Waals surface area contributed by atoms with E-state index >= 15 is 0 Å². The molecule has 2 amide bonds. The Bertz CT molecular complexity index is 818. The molecular weight excluding hydrogens is 432 g/mol. The fraction of sp³-hybridized carbons (Fsp3) is 0.391. The Labute approximate surface area is 180 Å². The van der Waals surface area contributed by atoms with E-state index in [4.69, 9.17) is 4.74 Å². The number of nitrogens with zero attached hydrogens (tertiary/aromatic N) is 1. The fourth-order valence-electron chi connectivity index (χ4n) is 3.75. The van der Waals surface area contributed by atoms with Crippen LogP contribution in [0.3, 0.4) is 0 Å². The average Bonchev–Trinajstić information content (AvgIpc) is 2.77. The molecule has 29 heavy (non-hydrogen) atoms. The first-order valence-electron chi connectivity index (χ1n) is 9.99. The minimum atomic E-state index is -0.657. The molecular formula is C23H27BrN2O3. The van der Waals surface area contributed by atoms with E-state index in [1.807, 2.05) is 61.5 Å². The molecule has 1 saturated heterocycles. The van der Waals surface area contributed by atoms with E-state index in [0.29, 0.717) is 39.1 Å². The predicted molar refractivity (Wildman–Crippen MR) is 116 cm³/mol. The Morgan fingerprint density at radius 2 is 1.72 bits per heavy atom. The summed E-state index contributed by atoms with van der Waals surface area (Å²) in [4.78, 5) is 27.7. The van der Waals surface area contributed by atoms with E-state index in [2.05, 4.69) is 21.2 Å². The lowest BCUT2D eigenvalue weighted by atomic mass is 9.73. The van der Waals surface area contributed by atoms with E-state index in [-0.39, 0.29) is 18.4 Å². The minimum Gasteiger partial charge on any atom is -0.381 e. The molecule has 1 heterocycles. The molecule has 1 fully saturated rings. The monoisotopic (exact) mass is 458 g/mol. The van der Waals surface area contributed by atoms with E-state index < -0.39 is 5.41 Å². The fourth-order valence-corrected chi connectivity index (χ4v) is 4.02. The van der Waals surface area contributed by atoms with Crippen LogP contribution < -0.4 is 5.32 Å². The molecule has 3 rings (SSSR count). The second-order valence-electron chi connectivity index (χ2n) is 7.28. The van der Waals surface area contributed by atoms with Crippen LogP contribution in [0.5, 0.6) is 0 Å². The topological polar surface area (TPSA) is 58.6 Å². The van der Waals surface area contributed by atoms with Crippen molar-refractivity contribution >= 4 is 27.7 Å². The lowest BCUT2D eigenvalue weighted by Gasteiger charge is -2.36. The number of rotatable bonds is 7. The predicted octanol–water partition coefficient (Wildman–Crippen LogP) is 3.66. The van der Waals surface area contributed by atoms with Crippen molar-refractivity contribution in [3.05, 3.63) is 70.2 Å². The lowest BCUT2D eigenvalue weighted by molar-refractivity contribution is -0.136. The van der Waals surface area contributed by atoms with Gasteiger partial charge in [0.25, 0.3) is 0 Å². The highest BCUT2D eigenvalue weighted by Crippen LogP contribution is 2.35. The number of ether oxygens (including phenoxy) is 1. The molecule has 0 saturated carbocycles. The van der Waals surface area contributed by atoms with Crippen LogP contribution in [-0.4, -0.2) is 43.0 Å². The Kier molecular flexibility index (Phi) is 7.45. The lowest BCUT2D eigenvalue weighted by Crippen LogP contribution is -2.50. The molecule has 0 aromatic heterocycles. The number of benzene rings is 2. The summed E-state index contributed by atoms with van der Waals surface area (Å²) in [5.41, 5.74) is 1.38. The number of halogens is 1. The highest BCUT2D eigenvalue weighted by Gasteiger charge is 2.41. The summed E-state index contributed by atoms with van der Waals surface area (Å²) in [7, 11) is 0. The largest absolute Gasteiger partial charge is 0.381 e. The van der Waals surface area contributed by atoms with E-state index in [1.165, 1.54) is 0 Å². The maximum Gasteiger partial charge on any atom is 0.242 e. The zero-order valence-corrected chi connectivity index (χ0v) is 18.3. The third-order valence-electron chi connectivity index (χ3n) is 5.53. The van der Waals surface area contributed by atoms with Gasteiger partial charge < -0.3 is 15.0 Å². The third kappa shape index (κ3) is 5.25. The molecule has 5 nitrogen and oxygen atoms in total. The van der Waals surface area contributed by atoms with Gasteiger partial charge in [-0.05, 0) is 43.0 Å². The Hall–Kier alpha value is -2.18. The first kappa shape index (κ1) is 21.5. The molecule has 2 aromatic rings. The third-order valence-corrected chi connectivity index (χ3v) is 6.06. The summed E-state index contributed by atoms with van der Waals surface area (Å²) in [5, 5.41) is 2.91. The van der Waals surface area contributed by atoms with Gasteiger partial charge in [0.15, 0.2) is 0 Å². The van der Waals surface area contributed by atoms with Crippen molar-refractivity contribution in [2.75, 3.05) is 26.3 Å². The van der Waals surface area contributed by atoms with Crippen LogP contribution in [0, 0.1) is 0 Å². The second kappa shape index (κ2) is 10.0. The number of amides is 2. The summed E-state index contributed by atoms with van der Waals surface area (Å²) in [6.07, 6.45) is 1.21. The van der Waals surface area contributed by atoms with Crippen molar-refractivity contribution in [1.82, 2.24) is 10.2 Å². The highest BCUT2D eigenvalue weighted by molar-refractivity contribution is 9.10. The van der Waals surface area contributed by atoms with Gasteiger partial charge in [-0.15, -0.1) is 0 Å². The number of nitrogens with one attached hydrogen (secondary N) is 1.